The fraction of sp³-hybridized carbons (Fsp3) is 0.188. The van der Waals surface area contributed by atoms with Gasteiger partial charge in [0, 0.05) is 6.42 Å². The number of imidazole rings is 1. The first-order valence-corrected chi connectivity index (χ1v) is 7.71. The summed E-state index contributed by atoms with van der Waals surface area (Å²) in [6.45, 7) is -0.162. The second-order valence-electron chi connectivity index (χ2n) is 5.51. The number of aromatic nitrogens is 4. The number of carboxylic acid groups (broad SMARTS) is 1. The SMILES string of the molecule is O.O=C(CNc1ncnc2nc[nH]c12)N[C@@H](Cc1ccc(O)cc1)C(=O)O. The largest absolute Gasteiger partial charge is 0.508 e. The van der Waals surface area contributed by atoms with Crippen molar-refractivity contribution >= 4 is 28.9 Å². The molecule has 7 N–H and O–H groups in total. The summed E-state index contributed by atoms with van der Waals surface area (Å²) in [5.74, 6) is -1.16. The Kier molecular flexibility index (Phi) is 6.23. The molecule has 0 fully saturated rings. The van der Waals surface area contributed by atoms with Gasteiger partial charge in [-0.05, 0) is 17.7 Å². The van der Waals surface area contributed by atoms with Crippen LogP contribution in [-0.4, -0.2) is 60.1 Å². The summed E-state index contributed by atoms with van der Waals surface area (Å²) >= 11 is 0. The number of carboxylic acids is 1. The average Bonchev–Trinajstić information content (AvgIpc) is 3.10. The molecule has 0 saturated heterocycles. The van der Waals surface area contributed by atoms with Crippen LogP contribution in [0.5, 0.6) is 5.75 Å². The highest BCUT2D eigenvalue weighted by Gasteiger charge is 2.20. The normalized spacial score (nSPS) is 11.4. The fourth-order valence-corrected chi connectivity index (χ4v) is 2.38. The number of rotatable bonds is 7. The predicted molar refractivity (Wildman–Crippen MR) is 95.2 cm³/mol. The second kappa shape index (κ2) is 8.58. The van der Waals surface area contributed by atoms with Crippen LogP contribution in [0.2, 0.25) is 0 Å². The number of fused-ring (bicyclic) bond motifs is 1. The smallest absolute Gasteiger partial charge is 0.326 e. The number of amides is 1. The van der Waals surface area contributed by atoms with Crippen molar-refractivity contribution in [1.82, 2.24) is 25.3 Å². The molecule has 3 rings (SSSR count). The third-order valence-electron chi connectivity index (χ3n) is 3.65. The van der Waals surface area contributed by atoms with Crippen LogP contribution in [0.3, 0.4) is 0 Å². The van der Waals surface area contributed by atoms with Crippen LogP contribution in [0.15, 0.2) is 36.9 Å². The molecule has 1 aromatic carbocycles. The minimum Gasteiger partial charge on any atom is -0.508 e. The molecule has 142 valence electrons. The van der Waals surface area contributed by atoms with Gasteiger partial charge in [0.05, 0.1) is 12.9 Å². The maximum Gasteiger partial charge on any atom is 0.326 e. The Morgan fingerprint density at radius 3 is 2.59 bits per heavy atom. The van der Waals surface area contributed by atoms with Crippen molar-refractivity contribution in [2.45, 2.75) is 12.5 Å². The number of hydrogen-bond donors (Lipinski definition) is 5. The Bertz CT molecular complexity index is 926. The Balaban J connectivity index is 0.00000261. The molecule has 0 bridgehead atoms. The van der Waals surface area contributed by atoms with Gasteiger partial charge >= 0.3 is 5.97 Å². The molecule has 1 atom stereocenters. The molecule has 0 saturated carbocycles. The first-order chi connectivity index (χ1) is 12.5. The van der Waals surface area contributed by atoms with Crippen LogP contribution < -0.4 is 10.6 Å². The van der Waals surface area contributed by atoms with E-state index < -0.39 is 17.9 Å². The summed E-state index contributed by atoms with van der Waals surface area (Å²) in [6.07, 6.45) is 2.87. The van der Waals surface area contributed by atoms with E-state index >= 15 is 0 Å². The molecule has 0 aliphatic heterocycles. The standard InChI is InChI=1S/C16H16N6O4.H2O/c23-10-3-1-9(2-4-10)5-11(16(25)26)22-12(24)6-17-14-13-15(19-7-18-13)21-8-20-14;/h1-4,7-8,11,23H,5-6H2,(H,22,24)(H,25,26)(H2,17,18,19,20,21);1H2/t11-;/m0./s1. The molecule has 0 aliphatic carbocycles. The third kappa shape index (κ3) is 4.89. The maximum absolute atomic E-state index is 12.1. The first-order valence-electron chi connectivity index (χ1n) is 7.71. The molecule has 0 unspecified atom stereocenters. The first kappa shape index (κ1) is 19.6. The molecule has 0 radical (unpaired) electrons. The molecule has 1 amide bonds. The molecule has 27 heavy (non-hydrogen) atoms. The maximum atomic E-state index is 12.1. The van der Waals surface area contributed by atoms with Crippen LogP contribution in [0, 0.1) is 0 Å². The number of aliphatic carboxylic acids is 1. The molecule has 2 heterocycles. The lowest BCUT2D eigenvalue weighted by atomic mass is 10.1. The van der Waals surface area contributed by atoms with E-state index in [1.807, 2.05) is 0 Å². The van der Waals surface area contributed by atoms with Crippen molar-refractivity contribution in [2.75, 3.05) is 11.9 Å². The number of carbonyl (C=O) groups is 2. The molecular formula is C16H18N6O5. The number of phenols is 1. The van der Waals surface area contributed by atoms with E-state index in [0.29, 0.717) is 22.5 Å². The highest BCUT2D eigenvalue weighted by Crippen LogP contribution is 2.14. The van der Waals surface area contributed by atoms with Gasteiger partial charge in [-0.15, -0.1) is 0 Å². The molecule has 2 aromatic heterocycles. The summed E-state index contributed by atoms with van der Waals surface area (Å²) in [6, 6.07) is 5.04. The van der Waals surface area contributed by atoms with Gasteiger partial charge in [0.1, 0.15) is 23.6 Å². The van der Waals surface area contributed by atoms with E-state index in [2.05, 4.69) is 30.6 Å². The number of nitrogens with zero attached hydrogens (tertiary/aromatic N) is 3. The minimum atomic E-state index is -1.15. The Hall–Kier alpha value is -3.73. The molecular weight excluding hydrogens is 356 g/mol. The molecule has 3 aromatic rings. The van der Waals surface area contributed by atoms with E-state index in [1.165, 1.54) is 24.8 Å². The average molecular weight is 374 g/mol. The van der Waals surface area contributed by atoms with Crippen molar-refractivity contribution in [3.63, 3.8) is 0 Å². The zero-order chi connectivity index (χ0) is 18.5. The fourth-order valence-electron chi connectivity index (χ4n) is 2.38. The number of hydrogen-bond acceptors (Lipinski definition) is 7. The van der Waals surface area contributed by atoms with Crippen LogP contribution in [-0.2, 0) is 16.0 Å². The quantitative estimate of drug-likeness (QED) is 0.365. The number of benzene rings is 1. The monoisotopic (exact) mass is 374 g/mol. The molecule has 0 aliphatic rings. The summed E-state index contributed by atoms with van der Waals surface area (Å²) < 4.78 is 0. The van der Waals surface area contributed by atoms with E-state index in [4.69, 9.17) is 0 Å². The highest BCUT2D eigenvalue weighted by molar-refractivity contribution is 5.88. The second-order valence-corrected chi connectivity index (χ2v) is 5.51. The number of H-pyrrole nitrogens is 1. The Morgan fingerprint density at radius 2 is 1.89 bits per heavy atom. The lowest BCUT2D eigenvalue weighted by molar-refractivity contribution is -0.141. The van der Waals surface area contributed by atoms with Crippen molar-refractivity contribution < 1.29 is 25.3 Å². The van der Waals surface area contributed by atoms with Crippen molar-refractivity contribution in [1.29, 1.82) is 0 Å². The topological polar surface area (TPSA) is 185 Å². The number of aromatic amines is 1. The van der Waals surface area contributed by atoms with Gasteiger partial charge in [-0.25, -0.2) is 19.7 Å². The van der Waals surface area contributed by atoms with Crippen molar-refractivity contribution in [3.05, 3.63) is 42.5 Å². The van der Waals surface area contributed by atoms with E-state index in [9.17, 15) is 19.8 Å². The van der Waals surface area contributed by atoms with Gasteiger partial charge in [0.25, 0.3) is 0 Å². The lowest BCUT2D eigenvalue weighted by Crippen LogP contribution is -2.44. The molecule has 0 spiro atoms. The lowest BCUT2D eigenvalue weighted by Gasteiger charge is -2.15. The van der Waals surface area contributed by atoms with Crippen LogP contribution in [0.25, 0.3) is 11.2 Å². The Labute approximate surface area is 152 Å². The van der Waals surface area contributed by atoms with Crippen molar-refractivity contribution in [2.24, 2.45) is 0 Å². The van der Waals surface area contributed by atoms with E-state index in [-0.39, 0.29) is 24.2 Å². The number of phenolic OH excluding ortho intramolecular Hbond substituents is 1. The van der Waals surface area contributed by atoms with Gasteiger partial charge in [-0.3, -0.25) is 4.79 Å². The van der Waals surface area contributed by atoms with Crippen LogP contribution in [0.1, 0.15) is 5.56 Å². The third-order valence-corrected chi connectivity index (χ3v) is 3.65. The van der Waals surface area contributed by atoms with Gasteiger partial charge in [0.15, 0.2) is 11.5 Å². The number of carbonyl (C=O) groups excluding carboxylic acids is 1. The number of anilines is 1. The van der Waals surface area contributed by atoms with Crippen LogP contribution in [0.4, 0.5) is 5.82 Å². The van der Waals surface area contributed by atoms with E-state index in [1.54, 1.807) is 12.1 Å². The molecule has 11 nitrogen and oxygen atoms in total. The minimum absolute atomic E-state index is 0. The van der Waals surface area contributed by atoms with Gasteiger partial charge in [-0.1, -0.05) is 12.1 Å². The molecule has 11 heteroatoms. The number of aromatic hydroxyl groups is 1. The Morgan fingerprint density at radius 1 is 1.15 bits per heavy atom. The highest BCUT2D eigenvalue weighted by atomic mass is 16.4. The van der Waals surface area contributed by atoms with Crippen LogP contribution >= 0.6 is 0 Å². The zero-order valence-corrected chi connectivity index (χ0v) is 14.0. The van der Waals surface area contributed by atoms with Gasteiger partial charge in [-0.2, -0.15) is 0 Å². The predicted octanol–water partition coefficient (Wildman–Crippen LogP) is -0.542. The van der Waals surface area contributed by atoms with E-state index in [0.717, 1.165) is 0 Å². The zero-order valence-electron chi connectivity index (χ0n) is 14.0. The summed E-state index contributed by atoms with van der Waals surface area (Å²) in [7, 11) is 0. The van der Waals surface area contributed by atoms with Gasteiger partial charge < -0.3 is 31.3 Å². The van der Waals surface area contributed by atoms with Gasteiger partial charge in [0.2, 0.25) is 5.91 Å². The summed E-state index contributed by atoms with van der Waals surface area (Å²) in [4.78, 5) is 38.3. The number of nitrogens with one attached hydrogen (secondary N) is 3. The van der Waals surface area contributed by atoms with Crippen molar-refractivity contribution in [3.8, 4) is 5.75 Å². The summed E-state index contributed by atoms with van der Waals surface area (Å²) in [5.41, 5.74) is 1.69. The summed E-state index contributed by atoms with van der Waals surface area (Å²) in [5, 5.41) is 23.9.